The number of nitrogens with zero attached hydrogens (tertiary/aromatic N) is 2. The van der Waals surface area contributed by atoms with Crippen LogP contribution in [0.15, 0.2) is 11.1 Å². The molecule has 6 nitrogen and oxygen atoms in total. The van der Waals surface area contributed by atoms with Crippen molar-refractivity contribution >= 4 is 15.8 Å². The van der Waals surface area contributed by atoms with Crippen LogP contribution < -0.4 is 10.5 Å². The smallest absolute Gasteiger partial charge is 0.246 e. The van der Waals surface area contributed by atoms with Crippen LogP contribution in [-0.2, 0) is 17.1 Å². The molecule has 0 fully saturated rings. The lowest BCUT2D eigenvalue weighted by Crippen LogP contribution is -2.32. The quantitative estimate of drug-likeness (QED) is 0.732. The summed E-state index contributed by atoms with van der Waals surface area (Å²) < 4.78 is 28.1. The maximum atomic E-state index is 12.1. The van der Waals surface area contributed by atoms with Gasteiger partial charge in [0.05, 0.1) is 0 Å². The summed E-state index contributed by atoms with van der Waals surface area (Å²) in [4.78, 5) is 0.0485. The zero-order chi connectivity index (χ0) is 13.8. The lowest BCUT2D eigenvalue weighted by atomic mass is 10.1. The number of unbranched alkanes of at least 4 members (excludes halogenated alkanes) is 2. The molecule has 0 aromatic carbocycles. The van der Waals surface area contributed by atoms with Gasteiger partial charge in [0.25, 0.3) is 0 Å². The Kier molecular flexibility index (Phi) is 5.15. The maximum Gasteiger partial charge on any atom is 0.246 e. The maximum absolute atomic E-state index is 12.1. The Morgan fingerprint density at radius 3 is 2.67 bits per heavy atom. The zero-order valence-electron chi connectivity index (χ0n) is 11.2. The summed E-state index contributed by atoms with van der Waals surface area (Å²) in [6.07, 6.45) is 5.49. The number of hydrogen-bond donors (Lipinski definition) is 2. The molecule has 0 bridgehead atoms. The molecule has 0 saturated carbocycles. The van der Waals surface area contributed by atoms with Crippen LogP contribution in [0.5, 0.6) is 0 Å². The largest absolute Gasteiger partial charge is 0.381 e. The predicted molar refractivity (Wildman–Crippen MR) is 71.5 cm³/mol. The van der Waals surface area contributed by atoms with Crippen molar-refractivity contribution in [3.63, 3.8) is 0 Å². The minimum atomic E-state index is -3.56. The lowest BCUT2D eigenvalue weighted by molar-refractivity contribution is 0.527. The lowest BCUT2D eigenvalue weighted by Gasteiger charge is -2.13. The predicted octanol–water partition coefficient (Wildman–Crippen LogP) is 1.25. The number of hydrogen-bond acceptors (Lipinski definition) is 4. The van der Waals surface area contributed by atoms with Crippen molar-refractivity contribution in [3.8, 4) is 0 Å². The monoisotopic (exact) mass is 274 g/mol. The van der Waals surface area contributed by atoms with E-state index in [1.165, 1.54) is 10.9 Å². The molecule has 1 aromatic rings. The Labute approximate surface area is 109 Å². The third-order valence-electron chi connectivity index (χ3n) is 2.71. The molecule has 0 radical (unpaired) electrons. The van der Waals surface area contributed by atoms with Crippen molar-refractivity contribution in [1.29, 1.82) is 0 Å². The van der Waals surface area contributed by atoms with Gasteiger partial charge in [-0.05, 0) is 13.3 Å². The Morgan fingerprint density at radius 2 is 2.17 bits per heavy atom. The highest BCUT2D eigenvalue weighted by molar-refractivity contribution is 7.89. The molecule has 1 rings (SSSR count). The Balaban J connectivity index is 2.67. The second-order valence-electron chi connectivity index (χ2n) is 4.57. The number of anilines is 1. The summed E-state index contributed by atoms with van der Waals surface area (Å²) in [5.74, 6) is 0.0331. The SMILES string of the molecule is CCCCCC(C)NS(=O)(=O)c1cn(C)nc1N. The number of sulfonamides is 1. The summed E-state index contributed by atoms with van der Waals surface area (Å²) in [6.45, 7) is 3.98. The minimum absolute atomic E-state index is 0.0331. The van der Waals surface area contributed by atoms with E-state index in [0.29, 0.717) is 0 Å². The summed E-state index contributed by atoms with van der Waals surface area (Å²) in [7, 11) is -1.93. The number of aromatic nitrogens is 2. The Bertz CT molecular complexity index is 481. The Morgan fingerprint density at radius 1 is 1.50 bits per heavy atom. The molecule has 0 amide bonds. The van der Waals surface area contributed by atoms with E-state index in [-0.39, 0.29) is 16.8 Å². The summed E-state index contributed by atoms with van der Waals surface area (Å²) >= 11 is 0. The van der Waals surface area contributed by atoms with Gasteiger partial charge in [0.1, 0.15) is 4.90 Å². The second kappa shape index (κ2) is 6.19. The van der Waals surface area contributed by atoms with Crippen LogP contribution in [0, 0.1) is 0 Å². The zero-order valence-corrected chi connectivity index (χ0v) is 12.0. The van der Waals surface area contributed by atoms with Crippen molar-refractivity contribution in [1.82, 2.24) is 14.5 Å². The average Bonchev–Trinajstić information content (AvgIpc) is 2.58. The molecule has 0 aliphatic rings. The number of nitrogens with one attached hydrogen (secondary N) is 1. The van der Waals surface area contributed by atoms with Crippen LogP contribution in [0.4, 0.5) is 5.82 Å². The normalized spacial score (nSPS) is 13.7. The number of aryl methyl sites for hydroxylation is 1. The van der Waals surface area contributed by atoms with Crippen LogP contribution in [0.25, 0.3) is 0 Å². The van der Waals surface area contributed by atoms with E-state index in [4.69, 9.17) is 5.73 Å². The summed E-state index contributed by atoms with van der Waals surface area (Å²) in [6, 6.07) is -0.0962. The molecular formula is C11H22N4O2S. The highest BCUT2D eigenvalue weighted by atomic mass is 32.2. The van der Waals surface area contributed by atoms with E-state index >= 15 is 0 Å². The van der Waals surface area contributed by atoms with E-state index in [1.807, 2.05) is 6.92 Å². The number of rotatable bonds is 7. The molecule has 104 valence electrons. The molecule has 1 atom stereocenters. The molecule has 0 spiro atoms. The molecule has 1 aromatic heterocycles. The van der Waals surface area contributed by atoms with E-state index in [9.17, 15) is 8.42 Å². The standard InChI is InChI=1S/C11H22N4O2S/c1-4-5-6-7-9(2)14-18(16,17)10-8-15(3)13-11(10)12/h8-9,14H,4-7H2,1-3H3,(H2,12,13). The highest BCUT2D eigenvalue weighted by Crippen LogP contribution is 2.16. The number of nitrogen functional groups attached to an aromatic ring is 1. The van der Waals surface area contributed by atoms with Crippen molar-refractivity contribution in [2.45, 2.75) is 50.5 Å². The molecule has 0 aliphatic heterocycles. The molecule has 0 aliphatic carbocycles. The molecule has 3 N–H and O–H groups in total. The van der Waals surface area contributed by atoms with Gasteiger partial charge in [0.2, 0.25) is 10.0 Å². The number of nitrogens with two attached hydrogens (primary N) is 1. The third kappa shape index (κ3) is 3.99. The van der Waals surface area contributed by atoms with Gasteiger partial charge in [-0.15, -0.1) is 0 Å². The second-order valence-corrected chi connectivity index (χ2v) is 6.25. The molecule has 7 heteroatoms. The van der Waals surface area contributed by atoms with Gasteiger partial charge >= 0.3 is 0 Å². The van der Waals surface area contributed by atoms with Crippen LogP contribution in [-0.4, -0.2) is 24.2 Å². The highest BCUT2D eigenvalue weighted by Gasteiger charge is 2.22. The molecule has 0 saturated heterocycles. The molecule has 1 unspecified atom stereocenters. The molecule has 18 heavy (non-hydrogen) atoms. The van der Waals surface area contributed by atoms with Gasteiger partial charge in [-0.25, -0.2) is 13.1 Å². The first kappa shape index (κ1) is 15.0. The van der Waals surface area contributed by atoms with Crippen molar-refractivity contribution < 1.29 is 8.42 Å². The first-order valence-electron chi connectivity index (χ1n) is 6.18. The fourth-order valence-corrected chi connectivity index (χ4v) is 3.16. The topological polar surface area (TPSA) is 90.0 Å². The molecule has 1 heterocycles. The van der Waals surface area contributed by atoms with Crippen LogP contribution in [0.3, 0.4) is 0 Å². The van der Waals surface area contributed by atoms with Gasteiger partial charge in [0, 0.05) is 19.3 Å². The summed E-state index contributed by atoms with van der Waals surface area (Å²) in [5.41, 5.74) is 5.57. The fourth-order valence-electron chi connectivity index (χ4n) is 1.78. The third-order valence-corrected chi connectivity index (χ3v) is 4.31. The van der Waals surface area contributed by atoms with Gasteiger partial charge in [-0.2, -0.15) is 5.10 Å². The van der Waals surface area contributed by atoms with Gasteiger partial charge < -0.3 is 5.73 Å². The van der Waals surface area contributed by atoms with Crippen molar-refractivity contribution in [2.24, 2.45) is 7.05 Å². The van der Waals surface area contributed by atoms with E-state index < -0.39 is 10.0 Å². The van der Waals surface area contributed by atoms with E-state index in [1.54, 1.807) is 7.05 Å². The van der Waals surface area contributed by atoms with Gasteiger partial charge in [0.15, 0.2) is 5.82 Å². The summed E-state index contributed by atoms with van der Waals surface area (Å²) in [5, 5.41) is 3.84. The minimum Gasteiger partial charge on any atom is -0.381 e. The Hall–Kier alpha value is -1.08. The van der Waals surface area contributed by atoms with Gasteiger partial charge in [-0.1, -0.05) is 26.2 Å². The van der Waals surface area contributed by atoms with Crippen LogP contribution in [0.2, 0.25) is 0 Å². The van der Waals surface area contributed by atoms with Gasteiger partial charge in [-0.3, -0.25) is 4.68 Å². The van der Waals surface area contributed by atoms with Crippen LogP contribution >= 0.6 is 0 Å². The van der Waals surface area contributed by atoms with Crippen molar-refractivity contribution in [3.05, 3.63) is 6.20 Å². The van der Waals surface area contributed by atoms with E-state index in [2.05, 4.69) is 16.7 Å². The first-order valence-corrected chi connectivity index (χ1v) is 7.66. The van der Waals surface area contributed by atoms with Crippen molar-refractivity contribution in [2.75, 3.05) is 5.73 Å². The van der Waals surface area contributed by atoms with E-state index in [0.717, 1.165) is 25.7 Å². The average molecular weight is 274 g/mol. The van der Waals surface area contributed by atoms with Crippen LogP contribution in [0.1, 0.15) is 39.5 Å². The molecular weight excluding hydrogens is 252 g/mol. The first-order chi connectivity index (χ1) is 8.36. The fraction of sp³-hybridized carbons (Fsp3) is 0.727.